The minimum Gasteiger partial charge on any atom is -0.166 e. The van der Waals surface area contributed by atoms with Crippen LogP contribution in [-0.4, -0.2) is 16.1 Å². The zero-order valence-electron chi connectivity index (χ0n) is 10.0. The van der Waals surface area contributed by atoms with Crippen molar-refractivity contribution in [2.24, 2.45) is 0 Å². The van der Waals surface area contributed by atoms with Crippen LogP contribution in [0, 0.1) is 0 Å². The summed E-state index contributed by atoms with van der Waals surface area (Å²) in [5.74, 6) is 0.516. The lowest BCUT2D eigenvalue weighted by Gasteiger charge is -2.08. The molecular formula is C12H9BrClF3N2S. The van der Waals surface area contributed by atoms with Gasteiger partial charge in [-0.1, -0.05) is 27.3 Å². The monoisotopic (exact) mass is 384 g/mol. The van der Waals surface area contributed by atoms with E-state index >= 15 is 0 Å². The summed E-state index contributed by atoms with van der Waals surface area (Å²) in [6, 6.07) is 3.48. The molecule has 0 saturated heterocycles. The van der Waals surface area contributed by atoms with Crippen LogP contribution in [0.2, 0.25) is 0 Å². The third-order valence-corrected chi connectivity index (χ3v) is 4.49. The Morgan fingerprint density at radius 1 is 1.25 bits per heavy atom. The minimum absolute atomic E-state index is 0.398. The second-order valence-corrected chi connectivity index (χ2v) is 6.28. The van der Waals surface area contributed by atoms with E-state index < -0.39 is 11.7 Å². The highest BCUT2D eigenvalue weighted by molar-refractivity contribution is 9.10. The fourth-order valence-electron chi connectivity index (χ4n) is 1.55. The van der Waals surface area contributed by atoms with Crippen LogP contribution >= 0.6 is 38.9 Å². The maximum atomic E-state index is 12.7. The molecule has 20 heavy (non-hydrogen) atoms. The molecule has 108 valence electrons. The highest BCUT2D eigenvalue weighted by atomic mass is 79.9. The third-order valence-electron chi connectivity index (χ3n) is 2.52. The molecule has 0 fully saturated rings. The van der Waals surface area contributed by atoms with Crippen LogP contribution in [0.5, 0.6) is 0 Å². The second kappa shape index (κ2) is 6.41. The summed E-state index contributed by atoms with van der Waals surface area (Å²) in [6.45, 7) is 0. The molecule has 0 amide bonds. The maximum Gasteiger partial charge on any atom is 0.416 e. The molecule has 1 aromatic carbocycles. The number of nitrogens with zero attached hydrogens (tertiary/aromatic N) is 2. The van der Waals surface area contributed by atoms with Crippen molar-refractivity contribution in [3.8, 4) is 10.6 Å². The van der Waals surface area contributed by atoms with E-state index in [-0.39, 0.29) is 0 Å². The smallest absolute Gasteiger partial charge is 0.166 e. The van der Waals surface area contributed by atoms with Gasteiger partial charge in [0, 0.05) is 22.3 Å². The van der Waals surface area contributed by atoms with E-state index in [1.165, 1.54) is 17.4 Å². The van der Waals surface area contributed by atoms with E-state index in [0.717, 1.165) is 23.6 Å². The summed E-state index contributed by atoms with van der Waals surface area (Å²) < 4.78 is 38.7. The summed E-state index contributed by atoms with van der Waals surface area (Å²) in [5.41, 5.74) is -0.303. The SMILES string of the molecule is FC(F)(F)c1ccc(Br)c(-c2nnc(CCCCl)s2)c1. The van der Waals surface area contributed by atoms with Gasteiger partial charge in [0.2, 0.25) is 0 Å². The standard InChI is InChI=1S/C12H9BrClF3N2S/c13-9-4-3-7(12(15,16)17)6-8(9)11-19-18-10(20-11)2-1-5-14/h3-4,6H,1-2,5H2. The van der Waals surface area contributed by atoms with Crippen LogP contribution in [0.15, 0.2) is 22.7 Å². The Morgan fingerprint density at radius 2 is 2.00 bits per heavy atom. The van der Waals surface area contributed by atoms with Crippen molar-refractivity contribution in [1.29, 1.82) is 0 Å². The normalized spacial score (nSPS) is 11.8. The number of benzene rings is 1. The summed E-state index contributed by atoms with van der Waals surface area (Å²) in [4.78, 5) is 0. The molecule has 1 heterocycles. The number of aryl methyl sites for hydroxylation is 1. The zero-order valence-corrected chi connectivity index (χ0v) is 13.2. The summed E-state index contributed by atoms with van der Waals surface area (Å²) in [6.07, 6.45) is -2.93. The molecule has 0 radical (unpaired) electrons. The number of aromatic nitrogens is 2. The van der Waals surface area contributed by atoms with Gasteiger partial charge in [-0.15, -0.1) is 21.8 Å². The van der Waals surface area contributed by atoms with E-state index in [1.54, 1.807) is 0 Å². The molecule has 2 rings (SSSR count). The van der Waals surface area contributed by atoms with Gasteiger partial charge in [0.1, 0.15) is 10.0 Å². The van der Waals surface area contributed by atoms with Gasteiger partial charge in [-0.25, -0.2) is 0 Å². The van der Waals surface area contributed by atoms with Gasteiger partial charge in [-0.05, 0) is 24.6 Å². The van der Waals surface area contributed by atoms with Crippen molar-refractivity contribution in [3.05, 3.63) is 33.2 Å². The van der Waals surface area contributed by atoms with Gasteiger partial charge in [0.05, 0.1) is 5.56 Å². The number of hydrogen-bond acceptors (Lipinski definition) is 3. The zero-order chi connectivity index (χ0) is 14.8. The van der Waals surface area contributed by atoms with Gasteiger partial charge < -0.3 is 0 Å². The number of halogens is 5. The molecule has 0 unspecified atom stereocenters. The summed E-state index contributed by atoms with van der Waals surface area (Å²) in [7, 11) is 0. The maximum absolute atomic E-state index is 12.7. The third kappa shape index (κ3) is 3.71. The lowest BCUT2D eigenvalue weighted by Crippen LogP contribution is -2.04. The van der Waals surface area contributed by atoms with E-state index in [2.05, 4.69) is 26.1 Å². The van der Waals surface area contributed by atoms with Gasteiger partial charge in [0.25, 0.3) is 0 Å². The van der Waals surface area contributed by atoms with Crippen LogP contribution < -0.4 is 0 Å². The Morgan fingerprint density at radius 3 is 2.65 bits per heavy atom. The van der Waals surface area contributed by atoms with Crippen molar-refractivity contribution in [2.75, 3.05) is 5.88 Å². The van der Waals surface area contributed by atoms with E-state index in [0.29, 0.717) is 27.3 Å². The van der Waals surface area contributed by atoms with Crippen molar-refractivity contribution < 1.29 is 13.2 Å². The predicted molar refractivity (Wildman–Crippen MR) is 77.1 cm³/mol. The first-order valence-corrected chi connectivity index (χ1v) is 7.81. The first-order valence-electron chi connectivity index (χ1n) is 5.67. The Balaban J connectivity index is 2.34. The second-order valence-electron chi connectivity index (χ2n) is 3.99. The predicted octanol–water partition coefficient (Wildman–Crippen LogP) is 5.16. The molecule has 0 saturated carbocycles. The molecule has 0 aliphatic carbocycles. The van der Waals surface area contributed by atoms with Crippen molar-refractivity contribution in [2.45, 2.75) is 19.0 Å². The van der Waals surface area contributed by atoms with Gasteiger partial charge in [-0.3, -0.25) is 0 Å². The molecule has 0 aliphatic rings. The van der Waals surface area contributed by atoms with Crippen LogP contribution in [-0.2, 0) is 12.6 Å². The van der Waals surface area contributed by atoms with E-state index in [9.17, 15) is 13.2 Å². The Hall–Kier alpha value is -0.660. The van der Waals surface area contributed by atoms with Gasteiger partial charge in [-0.2, -0.15) is 13.2 Å². The molecule has 0 spiro atoms. The minimum atomic E-state index is -4.37. The van der Waals surface area contributed by atoms with Gasteiger partial charge in [0.15, 0.2) is 0 Å². The number of hydrogen-bond donors (Lipinski definition) is 0. The number of alkyl halides is 4. The average molecular weight is 386 g/mol. The largest absolute Gasteiger partial charge is 0.416 e. The molecule has 2 aromatic rings. The van der Waals surface area contributed by atoms with Crippen molar-refractivity contribution >= 4 is 38.9 Å². The molecule has 0 bridgehead atoms. The van der Waals surface area contributed by atoms with Crippen LogP contribution in [0.25, 0.3) is 10.6 Å². The number of rotatable bonds is 4. The Labute approximate surface area is 131 Å². The molecule has 8 heteroatoms. The van der Waals surface area contributed by atoms with Crippen LogP contribution in [0.3, 0.4) is 0 Å². The first kappa shape index (κ1) is 15.7. The highest BCUT2D eigenvalue weighted by Gasteiger charge is 2.31. The molecular weight excluding hydrogens is 377 g/mol. The summed E-state index contributed by atoms with van der Waals surface area (Å²) in [5, 5.41) is 9.16. The molecule has 2 nitrogen and oxygen atoms in total. The lowest BCUT2D eigenvalue weighted by molar-refractivity contribution is -0.137. The molecule has 0 atom stereocenters. The summed E-state index contributed by atoms with van der Waals surface area (Å²) >= 11 is 10.1. The average Bonchev–Trinajstić information content (AvgIpc) is 2.84. The topological polar surface area (TPSA) is 25.8 Å². The quantitative estimate of drug-likeness (QED) is 0.680. The van der Waals surface area contributed by atoms with Gasteiger partial charge >= 0.3 is 6.18 Å². The Bertz CT molecular complexity index is 601. The fraction of sp³-hybridized carbons (Fsp3) is 0.333. The molecule has 0 N–H and O–H groups in total. The first-order chi connectivity index (χ1) is 9.41. The van der Waals surface area contributed by atoms with Crippen molar-refractivity contribution in [1.82, 2.24) is 10.2 Å². The van der Waals surface area contributed by atoms with Crippen LogP contribution in [0.4, 0.5) is 13.2 Å². The Kier molecular flexibility index (Phi) is 5.04. The molecule has 0 aliphatic heterocycles. The van der Waals surface area contributed by atoms with E-state index in [1.807, 2.05) is 0 Å². The fourth-order valence-corrected chi connectivity index (χ4v) is 3.16. The van der Waals surface area contributed by atoms with Crippen LogP contribution in [0.1, 0.15) is 17.0 Å². The highest BCUT2D eigenvalue weighted by Crippen LogP contribution is 2.37. The van der Waals surface area contributed by atoms with E-state index in [4.69, 9.17) is 11.6 Å². The lowest BCUT2D eigenvalue weighted by atomic mass is 10.1. The molecule has 1 aromatic heterocycles. The van der Waals surface area contributed by atoms with Crippen molar-refractivity contribution in [3.63, 3.8) is 0 Å².